The van der Waals surface area contributed by atoms with Gasteiger partial charge in [-0.1, -0.05) is 6.07 Å². The van der Waals surface area contributed by atoms with Gasteiger partial charge < -0.3 is 14.8 Å². The van der Waals surface area contributed by atoms with Crippen molar-refractivity contribution in [2.45, 2.75) is 13.8 Å². The molecule has 1 heterocycles. The summed E-state index contributed by atoms with van der Waals surface area (Å²) in [6.45, 7) is 3.57. The van der Waals surface area contributed by atoms with Crippen LogP contribution in [-0.2, 0) is 14.8 Å². The lowest BCUT2D eigenvalue weighted by Crippen LogP contribution is -2.37. The van der Waals surface area contributed by atoms with E-state index in [1.807, 2.05) is 19.9 Å². The van der Waals surface area contributed by atoms with Crippen LogP contribution in [0.2, 0.25) is 0 Å². The van der Waals surface area contributed by atoms with Crippen molar-refractivity contribution in [1.82, 2.24) is 0 Å². The minimum Gasteiger partial charge on any atom is -0.454 e. The molecule has 1 amide bonds. The fourth-order valence-electron chi connectivity index (χ4n) is 2.80. The first-order valence-electron chi connectivity index (χ1n) is 7.98. The number of carbonyl (C=O) groups excluding carboxylic acids is 1. The number of benzene rings is 2. The van der Waals surface area contributed by atoms with Gasteiger partial charge in [0.2, 0.25) is 22.7 Å². The number of carbonyl (C=O) groups is 1. The first-order valence-corrected chi connectivity index (χ1v) is 9.83. The van der Waals surface area contributed by atoms with Gasteiger partial charge in [-0.15, -0.1) is 0 Å². The van der Waals surface area contributed by atoms with E-state index in [0.29, 0.717) is 22.9 Å². The van der Waals surface area contributed by atoms with Crippen molar-refractivity contribution in [2.75, 3.05) is 29.2 Å². The summed E-state index contributed by atoms with van der Waals surface area (Å²) in [7, 11) is -3.62. The van der Waals surface area contributed by atoms with Gasteiger partial charge in [-0.25, -0.2) is 8.42 Å². The number of hydrogen-bond donors (Lipinski definition) is 1. The van der Waals surface area contributed by atoms with Crippen molar-refractivity contribution in [3.05, 3.63) is 47.5 Å². The number of sulfonamides is 1. The smallest absolute Gasteiger partial charge is 0.245 e. The second-order valence-electron chi connectivity index (χ2n) is 6.23. The highest BCUT2D eigenvalue weighted by molar-refractivity contribution is 7.92. The number of aryl methyl sites for hydroxylation is 2. The summed E-state index contributed by atoms with van der Waals surface area (Å²) in [5, 5.41) is 2.69. The van der Waals surface area contributed by atoms with Crippen molar-refractivity contribution in [3.8, 4) is 11.5 Å². The Balaban J connectivity index is 1.80. The molecule has 0 saturated heterocycles. The fraction of sp³-hybridized carbons (Fsp3) is 0.278. The van der Waals surface area contributed by atoms with E-state index in [0.717, 1.165) is 21.7 Å². The molecular formula is C18H20N2O5S. The van der Waals surface area contributed by atoms with Gasteiger partial charge in [0.15, 0.2) is 11.5 Å². The van der Waals surface area contributed by atoms with Crippen LogP contribution < -0.4 is 19.1 Å². The summed E-state index contributed by atoms with van der Waals surface area (Å²) in [6, 6.07) is 10.4. The Morgan fingerprint density at radius 1 is 1.08 bits per heavy atom. The molecular weight excluding hydrogens is 356 g/mol. The third kappa shape index (κ3) is 4.08. The number of hydrogen-bond acceptors (Lipinski definition) is 5. The quantitative estimate of drug-likeness (QED) is 0.866. The molecule has 1 aliphatic rings. The number of nitrogens with one attached hydrogen (secondary N) is 1. The summed E-state index contributed by atoms with van der Waals surface area (Å²) in [5.41, 5.74) is 2.81. The summed E-state index contributed by atoms with van der Waals surface area (Å²) in [6.07, 6.45) is 1.08. The summed E-state index contributed by atoms with van der Waals surface area (Å²) in [4.78, 5) is 12.4. The molecule has 0 unspecified atom stereocenters. The second kappa shape index (κ2) is 6.87. The van der Waals surface area contributed by atoms with Crippen LogP contribution in [0.1, 0.15) is 11.1 Å². The lowest BCUT2D eigenvalue weighted by atomic mass is 10.1. The monoisotopic (exact) mass is 376 g/mol. The van der Waals surface area contributed by atoms with Crippen LogP contribution in [0, 0.1) is 13.8 Å². The van der Waals surface area contributed by atoms with E-state index in [9.17, 15) is 13.2 Å². The van der Waals surface area contributed by atoms with Crippen molar-refractivity contribution >= 4 is 27.3 Å². The molecule has 0 bridgehead atoms. The summed E-state index contributed by atoms with van der Waals surface area (Å²) < 4.78 is 36.0. The van der Waals surface area contributed by atoms with E-state index < -0.39 is 15.9 Å². The highest BCUT2D eigenvalue weighted by Crippen LogP contribution is 2.34. The summed E-state index contributed by atoms with van der Waals surface area (Å²) >= 11 is 0. The fourth-order valence-corrected chi connectivity index (χ4v) is 3.64. The topological polar surface area (TPSA) is 84.9 Å². The molecule has 0 radical (unpaired) electrons. The Labute approximate surface area is 152 Å². The van der Waals surface area contributed by atoms with Crippen LogP contribution in [-0.4, -0.2) is 33.9 Å². The van der Waals surface area contributed by atoms with Crippen LogP contribution in [0.5, 0.6) is 11.5 Å². The van der Waals surface area contributed by atoms with Crippen molar-refractivity contribution < 1.29 is 22.7 Å². The number of amides is 1. The zero-order valence-electron chi connectivity index (χ0n) is 14.8. The molecule has 2 aromatic carbocycles. The summed E-state index contributed by atoms with van der Waals surface area (Å²) in [5.74, 6) is 0.696. The largest absolute Gasteiger partial charge is 0.454 e. The molecule has 3 rings (SSSR count). The average molecular weight is 376 g/mol. The van der Waals surface area contributed by atoms with Gasteiger partial charge in [0.05, 0.1) is 11.9 Å². The lowest BCUT2D eigenvalue weighted by Gasteiger charge is -2.22. The van der Waals surface area contributed by atoms with Crippen LogP contribution in [0.4, 0.5) is 11.4 Å². The molecule has 1 N–H and O–H groups in total. The first kappa shape index (κ1) is 18.1. The standard InChI is InChI=1S/C18H20N2O5S/c1-12-6-13(2)8-15(7-12)20(26(3,22)23)10-18(21)19-14-4-5-16-17(9-14)25-11-24-16/h4-9H,10-11H2,1-3H3,(H,19,21). The number of anilines is 2. The maximum Gasteiger partial charge on any atom is 0.245 e. The van der Waals surface area contributed by atoms with Gasteiger partial charge in [0, 0.05) is 11.8 Å². The molecule has 0 aliphatic carbocycles. The molecule has 138 valence electrons. The Bertz CT molecular complexity index is 936. The van der Waals surface area contributed by atoms with Crippen molar-refractivity contribution in [2.24, 2.45) is 0 Å². The number of rotatable bonds is 5. The van der Waals surface area contributed by atoms with Gasteiger partial charge in [-0.2, -0.15) is 0 Å². The van der Waals surface area contributed by atoms with Gasteiger partial charge in [-0.3, -0.25) is 9.10 Å². The highest BCUT2D eigenvalue weighted by Gasteiger charge is 2.22. The van der Waals surface area contributed by atoms with E-state index in [2.05, 4.69) is 5.32 Å². The Morgan fingerprint density at radius 3 is 2.38 bits per heavy atom. The van der Waals surface area contributed by atoms with E-state index in [1.165, 1.54) is 0 Å². The van der Waals surface area contributed by atoms with Gasteiger partial charge in [0.1, 0.15) is 6.54 Å². The maximum absolute atomic E-state index is 12.4. The zero-order chi connectivity index (χ0) is 18.9. The first-order chi connectivity index (χ1) is 12.2. The molecule has 0 atom stereocenters. The SMILES string of the molecule is Cc1cc(C)cc(N(CC(=O)Nc2ccc3c(c2)OCO3)S(C)(=O)=O)c1. The highest BCUT2D eigenvalue weighted by atomic mass is 32.2. The average Bonchev–Trinajstić information content (AvgIpc) is 2.98. The molecule has 1 aliphatic heterocycles. The van der Waals surface area contributed by atoms with Crippen LogP contribution in [0.3, 0.4) is 0 Å². The third-order valence-corrected chi connectivity index (χ3v) is 4.98. The molecule has 0 saturated carbocycles. The number of nitrogens with zero attached hydrogens (tertiary/aromatic N) is 1. The molecule has 0 aromatic heterocycles. The number of ether oxygens (including phenoxy) is 2. The van der Waals surface area contributed by atoms with E-state index in [-0.39, 0.29) is 13.3 Å². The Kier molecular flexibility index (Phi) is 4.78. The van der Waals surface area contributed by atoms with Gasteiger partial charge in [0.25, 0.3) is 0 Å². The molecule has 8 heteroatoms. The zero-order valence-corrected chi connectivity index (χ0v) is 15.6. The van der Waals surface area contributed by atoms with Crippen LogP contribution in [0.25, 0.3) is 0 Å². The van der Waals surface area contributed by atoms with Crippen LogP contribution in [0.15, 0.2) is 36.4 Å². The van der Waals surface area contributed by atoms with Crippen LogP contribution >= 0.6 is 0 Å². The Morgan fingerprint density at radius 2 is 1.73 bits per heavy atom. The third-order valence-electron chi connectivity index (χ3n) is 3.84. The Hall–Kier alpha value is -2.74. The van der Waals surface area contributed by atoms with E-state index in [4.69, 9.17) is 9.47 Å². The normalized spacial score (nSPS) is 12.7. The molecule has 0 spiro atoms. The number of fused-ring (bicyclic) bond motifs is 1. The molecule has 0 fully saturated rings. The second-order valence-corrected chi connectivity index (χ2v) is 8.14. The van der Waals surface area contributed by atoms with Gasteiger partial charge >= 0.3 is 0 Å². The molecule has 7 nitrogen and oxygen atoms in total. The maximum atomic E-state index is 12.4. The van der Waals surface area contributed by atoms with E-state index in [1.54, 1.807) is 30.3 Å². The predicted octanol–water partition coefficient (Wildman–Crippen LogP) is 2.44. The van der Waals surface area contributed by atoms with Crippen molar-refractivity contribution in [3.63, 3.8) is 0 Å². The lowest BCUT2D eigenvalue weighted by molar-refractivity contribution is -0.114. The van der Waals surface area contributed by atoms with E-state index >= 15 is 0 Å². The minimum atomic E-state index is -3.62. The van der Waals surface area contributed by atoms with Gasteiger partial charge in [-0.05, 0) is 49.2 Å². The minimum absolute atomic E-state index is 0.140. The van der Waals surface area contributed by atoms with Crippen molar-refractivity contribution in [1.29, 1.82) is 0 Å². The predicted molar refractivity (Wildman–Crippen MR) is 99.3 cm³/mol. The molecule has 26 heavy (non-hydrogen) atoms. The molecule has 2 aromatic rings.